The first-order chi connectivity index (χ1) is 3.18. The molecule has 0 aromatic carbocycles. The molecule has 0 heterocycles. The highest BCUT2D eigenvalue weighted by Crippen LogP contribution is 2.03. The molecule has 0 aromatic heterocycles. The fourth-order valence-electron chi connectivity index (χ4n) is 0.372. The van der Waals surface area contributed by atoms with Gasteiger partial charge in [0.05, 0.1) is 7.85 Å². The molecule has 2 radical (unpaired) electrons. The van der Waals surface area contributed by atoms with Gasteiger partial charge in [0.25, 0.3) is 0 Å². The Morgan fingerprint density at radius 1 is 1.71 bits per heavy atom. The van der Waals surface area contributed by atoms with Crippen LogP contribution in [-0.2, 0) is 0 Å². The van der Waals surface area contributed by atoms with Crippen LogP contribution in [0.5, 0.6) is 0 Å². The minimum absolute atomic E-state index is 0.144. The third kappa shape index (κ3) is 2.69. The van der Waals surface area contributed by atoms with Gasteiger partial charge in [-0.05, 0) is 12.5 Å². The van der Waals surface area contributed by atoms with E-state index in [1.807, 2.05) is 13.8 Å². The number of hydrogen-bond donors (Lipinski definition) is 1. The van der Waals surface area contributed by atoms with Gasteiger partial charge in [0.1, 0.15) is 0 Å². The highest BCUT2D eigenvalue weighted by atomic mass is 14.6. The Labute approximate surface area is 46.7 Å². The van der Waals surface area contributed by atoms with Gasteiger partial charge in [-0.25, -0.2) is 0 Å². The van der Waals surface area contributed by atoms with Crippen molar-refractivity contribution in [3.63, 3.8) is 0 Å². The molecule has 1 unspecified atom stereocenters. The van der Waals surface area contributed by atoms with Crippen molar-refractivity contribution in [3.8, 4) is 0 Å². The lowest BCUT2D eigenvalue weighted by Gasteiger charge is -2.11. The summed E-state index contributed by atoms with van der Waals surface area (Å²) in [5.74, 6) is 0.144. The molecule has 0 rings (SSSR count). The molecule has 2 atom stereocenters. The van der Waals surface area contributed by atoms with E-state index in [0.717, 1.165) is 6.42 Å². The number of hydrogen-bond acceptors (Lipinski definition) is 1. The van der Waals surface area contributed by atoms with Crippen LogP contribution in [0.4, 0.5) is 0 Å². The number of rotatable bonds is 2. The SMILES string of the molecule is [B]C(C)[C@@H](N)CC. The van der Waals surface area contributed by atoms with Gasteiger partial charge >= 0.3 is 0 Å². The molecule has 0 bridgehead atoms. The van der Waals surface area contributed by atoms with Crippen LogP contribution < -0.4 is 5.73 Å². The standard InChI is InChI=1S/C5H12BN/c1-3-5(7)4(2)6/h4-5H,3,7H2,1-2H3/t4?,5-/m0/s1. The average molecular weight is 97.0 g/mol. The molecule has 0 aromatic rings. The highest BCUT2D eigenvalue weighted by molar-refractivity contribution is 6.11. The summed E-state index contributed by atoms with van der Waals surface area (Å²) in [5, 5.41) is 0. The summed E-state index contributed by atoms with van der Waals surface area (Å²) in [5.41, 5.74) is 5.49. The molecule has 0 spiro atoms. The molecule has 7 heavy (non-hydrogen) atoms. The molecule has 1 nitrogen and oxygen atoms in total. The Hall–Kier alpha value is 0.0249. The summed E-state index contributed by atoms with van der Waals surface area (Å²) < 4.78 is 0. The average Bonchev–Trinajstić information content (AvgIpc) is 1.65. The largest absolute Gasteiger partial charge is 0.328 e. The first kappa shape index (κ1) is 7.02. The highest BCUT2D eigenvalue weighted by Gasteiger charge is 2.01. The lowest BCUT2D eigenvalue weighted by atomic mass is 9.82. The van der Waals surface area contributed by atoms with E-state index < -0.39 is 0 Å². The van der Waals surface area contributed by atoms with Crippen molar-refractivity contribution in [1.82, 2.24) is 0 Å². The minimum Gasteiger partial charge on any atom is -0.328 e. The maximum absolute atomic E-state index is 5.49. The fraction of sp³-hybridized carbons (Fsp3) is 1.00. The lowest BCUT2D eigenvalue weighted by Crippen LogP contribution is -2.22. The molecule has 0 saturated carbocycles. The summed E-state index contributed by atoms with van der Waals surface area (Å²) in [6.45, 7) is 3.96. The maximum Gasteiger partial charge on any atom is 0.0716 e. The van der Waals surface area contributed by atoms with E-state index in [-0.39, 0.29) is 11.9 Å². The van der Waals surface area contributed by atoms with Crippen molar-refractivity contribution in [2.24, 2.45) is 5.73 Å². The molecule has 0 saturated heterocycles. The van der Waals surface area contributed by atoms with Gasteiger partial charge in [-0.3, -0.25) is 0 Å². The van der Waals surface area contributed by atoms with Crippen molar-refractivity contribution in [1.29, 1.82) is 0 Å². The van der Waals surface area contributed by atoms with E-state index in [1.165, 1.54) is 0 Å². The second-order valence-corrected chi connectivity index (χ2v) is 1.93. The Morgan fingerprint density at radius 2 is 2.14 bits per heavy atom. The first-order valence-corrected chi connectivity index (χ1v) is 2.69. The van der Waals surface area contributed by atoms with E-state index >= 15 is 0 Å². The molecule has 0 amide bonds. The van der Waals surface area contributed by atoms with Crippen molar-refractivity contribution < 1.29 is 0 Å². The van der Waals surface area contributed by atoms with E-state index in [2.05, 4.69) is 0 Å². The molecule has 2 heteroatoms. The Bertz CT molecular complexity index is 45.3. The van der Waals surface area contributed by atoms with E-state index in [9.17, 15) is 0 Å². The Kier molecular flexibility index (Phi) is 3.09. The second kappa shape index (κ2) is 3.08. The Morgan fingerprint density at radius 3 is 2.14 bits per heavy atom. The van der Waals surface area contributed by atoms with Crippen molar-refractivity contribution >= 4 is 7.85 Å². The molecule has 40 valence electrons. The third-order valence-corrected chi connectivity index (χ3v) is 1.15. The molecule has 0 fully saturated rings. The fourth-order valence-corrected chi connectivity index (χ4v) is 0.372. The maximum atomic E-state index is 5.49. The van der Waals surface area contributed by atoms with E-state index in [1.54, 1.807) is 0 Å². The zero-order valence-electron chi connectivity index (χ0n) is 5.02. The summed E-state index contributed by atoms with van der Waals surface area (Å²) in [6.07, 6.45) is 0.970. The van der Waals surface area contributed by atoms with Crippen LogP contribution in [0.2, 0.25) is 5.82 Å². The smallest absolute Gasteiger partial charge is 0.0716 e. The predicted molar refractivity (Wildman–Crippen MR) is 33.4 cm³/mol. The van der Waals surface area contributed by atoms with Gasteiger partial charge in [-0.2, -0.15) is 0 Å². The molecule has 0 aliphatic rings. The topological polar surface area (TPSA) is 26.0 Å². The summed E-state index contributed by atoms with van der Waals surface area (Å²) in [7, 11) is 5.42. The molecule has 0 aliphatic carbocycles. The normalized spacial score (nSPS) is 18.7. The van der Waals surface area contributed by atoms with E-state index in [4.69, 9.17) is 13.6 Å². The Balaban J connectivity index is 3.14. The molecular formula is C5H12BN. The summed E-state index contributed by atoms with van der Waals surface area (Å²) in [6, 6.07) is 0.181. The summed E-state index contributed by atoms with van der Waals surface area (Å²) >= 11 is 0. The van der Waals surface area contributed by atoms with Crippen LogP contribution >= 0.6 is 0 Å². The first-order valence-electron chi connectivity index (χ1n) is 2.69. The van der Waals surface area contributed by atoms with Crippen LogP contribution in [0.1, 0.15) is 20.3 Å². The summed E-state index contributed by atoms with van der Waals surface area (Å²) in [4.78, 5) is 0. The van der Waals surface area contributed by atoms with E-state index in [0.29, 0.717) is 0 Å². The zero-order chi connectivity index (χ0) is 5.86. The van der Waals surface area contributed by atoms with Crippen molar-refractivity contribution in [3.05, 3.63) is 0 Å². The van der Waals surface area contributed by atoms with Crippen LogP contribution in [0, 0.1) is 0 Å². The number of nitrogens with two attached hydrogens (primary N) is 1. The molecule has 2 N–H and O–H groups in total. The van der Waals surface area contributed by atoms with Gasteiger partial charge < -0.3 is 5.73 Å². The lowest BCUT2D eigenvalue weighted by molar-refractivity contribution is 0.628. The molecule has 0 aliphatic heterocycles. The third-order valence-electron chi connectivity index (χ3n) is 1.15. The quantitative estimate of drug-likeness (QED) is 0.504. The van der Waals surface area contributed by atoms with Gasteiger partial charge in [0, 0.05) is 0 Å². The van der Waals surface area contributed by atoms with Crippen LogP contribution in [0.3, 0.4) is 0 Å². The zero-order valence-corrected chi connectivity index (χ0v) is 5.02. The van der Waals surface area contributed by atoms with Gasteiger partial charge in [-0.1, -0.05) is 19.7 Å². The second-order valence-electron chi connectivity index (χ2n) is 1.93. The van der Waals surface area contributed by atoms with Crippen LogP contribution in [-0.4, -0.2) is 13.9 Å². The van der Waals surface area contributed by atoms with Gasteiger partial charge in [-0.15, -0.1) is 0 Å². The van der Waals surface area contributed by atoms with Crippen molar-refractivity contribution in [2.75, 3.05) is 0 Å². The monoisotopic (exact) mass is 97.1 g/mol. The van der Waals surface area contributed by atoms with Crippen molar-refractivity contribution in [2.45, 2.75) is 32.1 Å². The van der Waals surface area contributed by atoms with Crippen LogP contribution in [0.15, 0.2) is 0 Å². The minimum atomic E-state index is 0.144. The molecular weight excluding hydrogens is 84.9 g/mol. The predicted octanol–water partition coefficient (Wildman–Crippen LogP) is 0.701. The van der Waals surface area contributed by atoms with Crippen LogP contribution in [0.25, 0.3) is 0 Å². The van der Waals surface area contributed by atoms with Gasteiger partial charge in [0.15, 0.2) is 0 Å². The van der Waals surface area contributed by atoms with Gasteiger partial charge in [0.2, 0.25) is 0 Å².